The van der Waals surface area contributed by atoms with Gasteiger partial charge in [-0.3, -0.25) is 14.4 Å². The average molecular weight is 475 g/mol. The van der Waals surface area contributed by atoms with Crippen LogP contribution in [0.25, 0.3) is 0 Å². The minimum atomic E-state index is -1.08. The van der Waals surface area contributed by atoms with Gasteiger partial charge in [-0.15, -0.1) is 0 Å². The molecule has 34 heavy (non-hydrogen) atoms. The van der Waals surface area contributed by atoms with Crippen molar-refractivity contribution in [2.75, 3.05) is 0 Å². The van der Waals surface area contributed by atoms with E-state index in [1.54, 1.807) is 37.8 Å². The van der Waals surface area contributed by atoms with E-state index < -0.39 is 35.6 Å². The largest absolute Gasteiger partial charge is 0.444 e. The number of nitrogens with two attached hydrogens (primary N) is 1. The van der Waals surface area contributed by atoms with Crippen molar-refractivity contribution in [1.82, 2.24) is 15.5 Å². The van der Waals surface area contributed by atoms with Crippen LogP contribution in [-0.4, -0.2) is 52.4 Å². The quantitative estimate of drug-likeness (QED) is 0.480. The Bertz CT molecular complexity index is 881. The summed E-state index contributed by atoms with van der Waals surface area (Å²) in [5.41, 5.74) is 5.22. The second-order valence-electron chi connectivity index (χ2n) is 10.2. The molecular weight excluding hydrogens is 436 g/mol. The zero-order valence-electron chi connectivity index (χ0n) is 21.0. The molecule has 4 N–H and O–H groups in total. The standard InChI is InChI=1S/C25H38N4O5/c1-15(2)27-22(31)21(17-10-8-7-9-11-17)29(19-14-16(19)3)23(32)18(12-13-20(26)30)28-24(33)34-25(4,5)6/h7-11,15-16,18-19,21H,12-14H2,1-6H3,(H2,26,30)(H,27,31)(H,28,33). The summed E-state index contributed by atoms with van der Waals surface area (Å²) in [4.78, 5) is 52.8. The predicted molar refractivity (Wildman–Crippen MR) is 128 cm³/mol. The Balaban J connectivity index is 2.44. The van der Waals surface area contributed by atoms with Crippen molar-refractivity contribution < 1.29 is 23.9 Å². The van der Waals surface area contributed by atoms with E-state index in [1.165, 1.54) is 0 Å². The monoisotopic (exact) mass is 474 g/mol. The Morgan fingerprint density at radius 2 is 1.71 bits per heavy atom. The van der Waals surface area contributed by atoms with Crippen LogP contribution < -0.4 is 16.4 Å². The zero-order chi connectivity index (χ0) is 25.6. The Morgan fingerprint density at radius 1 is 1.12 bits per heavy atom. The fraction of sp³-hybridized carbons (Fsp3) is 0.600. The molecule has 1 saturated carbocycles. The first kappa shape index (κ1) is 27.1. The third-order valence-corrected chi connectivity index (χ3v) is 5.42. The highest BCUT2D eigenvalue weighted by Gasteiger charge is 2.48. The fourth-order valence-electron chi connectivity index (χ4n) is 3.78. The van der Waals surface area contributed by atoms with Crippen molar-refractivity contribution in [1.29, 1.82) is 0 Å². The molecule has 0 radical (unpaired) electrons. The van der Waals surface area contributed by atoms with Crippen molar-refractivity contribution in [3.63, 3.8) is 0 Å². The first-order chi connectivity index (χ1) is 15.8. The number of carbonyl (C=O) groups is 4. The van der Waals surface area contributed by atoms with Crippen LogP contribution in [0.4, 0.5) is 4.79 Å². The maximum Gasteiger partial charge on any atom is 0.408 e. The van der Waals surface area contributed by atoms with E-state index in [4.69, 9.17) is 10.5 Å². The van der Waals surface area contributed by atoms with Gasteiger partial charge in [-0.1, -0.05) is 37.3 Å². The molecule has 1 aliphatic rings. The summed E-state index contributed by atoms with van der Waals surface area (Å²) in [5, 5.41) is 5.52. The van der Waals surface area contributed by atoms with Crippen molar-refractivity contribution in [2.45, 2.75) is 90.6 Å². The van der Waals surface area contributed by atoms with Crippen LogP contribution >= 0.6 is 0 Å². The van der Waals surface area contributed by atoms with Gasteiger partial charge >= 0.3 is 6.09 Å². The molecule has 0 heterocycles. The minimum Gasteiger partial charge on any atom is -0.444 e. The minimum absolute atomic E-state index is 0.00167. The van der Waals surface area contributed by atoms with Crippen LogP contribution in [-0.2, 0) is 19.1 Å². The molecule has 0 saturated heterocycles. The third kappa shape index (κ3) is 8.04. The van der Waals surface area contributed by atoms with Gasteiger partial charge in [-0.25, -0.2) is 4.79 Å². The van der Waals surface area contributed by atoms with Gasteiger partial charge in [0.25, 0.3) is 0 Å². The summed E-state index contributed by atoms with van der Waals surface area (Å²) in [6.07, 6.45) is -0.145. The molecule has 1 aromatic rings. The van der Waals surface area contributed by atoms with E-state index in [0.717, 1.165) is 6.42 Å². The van der Waals surface area contributed by atoms with Crippen LogP contribution in [0.3, 0.4) is 0 Å². The summed E-state index contributed by atoms with van der Waals surface area (Å²) in [6, 6.07) is 6.81. The highest BCUT2D eigenvalue weighted by atomic mass is 16.6. The lowest BCUT2D eigenvalue weighted by atomic mass is 10.0. The van der Waals surface area contributed by atoms with E-state index in [2.05, 4.69) is 10.6 Å². The molecule has 1 aliphatic carbocycles. The van der Waals surface area contributed by atoms with Crippen LogP contribution in [0, 0.1) is 5.92 Å². The summed E-state index contributed by atoms with van der Waals surface area (Å²) < 4.78 is 5.33. The number of amides is 4. The van der Waals surface area contributed by atoms with E-state index in [9.17, 15) is 19.2 Å². The number of carbonyl (C=O) groups excluding carboxylic acids is 4. The normalized spacial score (nSPS) is 19.0. The molecule has 4 amide bonds. The maximum atomic E-state index is 13.9. The van der Waals surface area contributed by atoms with Gasteiger partial charge < -0.3 is 26.0 Å². The number of nitrogens with one attached hydrogen (secondary N) is 2. The topological polar surface area (TPSA) is 131 Å². The van der Waals surface area contributed by atoms with Crippen molar-refractivity contribution in [3.05, 3.63) is 35.9 Å². The third-order valence-electron chi connectivity index (χ3n) is 5.42. The summed E-state index contributed by atoms with van der Waals surface area (Å²) in [5.74, 6) is -1.15. The zero-order valence-corrected chi connectivity index (χ0v) is 21.0. The molecule has 0 aromatic heterocycles. The first-order valence-corrected chi connectivity index (χ1v) is 11.8. The number of primary amides is 1. The van der Waals surface area contributed by atoms with E-state index >= 15 is 0 Å². The van der Waals surface area contributed by atoms with E-state index in [1.807, 2.05) is 39.0 Å². The molecule has 188 valence electrons. The second kappa shape index (κ2) is 11.4. The molecule has 0 aliphatic heterocycles. The lowest BCUT2D eigenvalue weighted by Crippen LogP contribution is -2.54. The molecule has 9 heteroatoms. The van der Waals surface area contributed by atoms with Gasteiger partial charge in [0.05, 0.1) is 0 Å². The van der Waals surface area contributed by atoms with E-state index in [0.29, 0.717) is 5.56 Å². The number of alkyl carbamates (subject to hydrolysis) is 1. The van der Waals surface area contributed by atoms with Gasteiger partial charge in [0, 0.05) is 18.5 Å². The molecule has 2 rings (SSSR count). The van der Waals surface area contributed by atoms with Crippen LogP contribution in [0.5, 0.6) is 0 Å². The summed E-state index contributed by atoms with van der Waals surface area (Å²) in [6.45, 7) is 10.9. The number of hydrogen-bond acceptors (Lipinski definition) is 5. The lowest BCUT2D eigenvalue weighted by molar-refractivity contribution is -0.144. The molecule has 4 atom stereocenters. The molecule has 1 aromatic carbocycles. The number of rotatable bonds is 10. The number of ether oxygens (including phenoxy) is 1. The lowest BCUT2D eigenvalue weighted by Gasteiger charge is -2.35. The molecule has 0 spiro atoms. The van der Waals surface area contributed by atoms with Gasteiger partial charge in [-0.2, -0.15) is 0 Å². The summed E-state index contributed by atoms with van der Waals surface area (Å²) >= 11 is 0. The number of hydrogen-bond donors (Lipinski definition) is 3. The number of nitrogens with zero attached hydrogens (tertiary/aromatic N) is 1. The molecule has 4 unspecified atom stereocenters. The SMILES string of the molecule is CC(C)NC(=O)C(c1ccccc1)N(C(=O)C(CCC(N)=O)NC(=O)OC(C)(C)C)C1CC1C. The average Bonchev–Trinajstić information content (AvgIpc) is 3.43. The highest BCUT2D eigenvalue weighted by molar-refractivity contribution is 5.93. The van der Waals surface area contributed by atoms with Crippen LogP contribution in [0.1, 0.15) is 72.4 Å². The maximum absolute atomic E-state index is 13.9. The van der Waals surface area contributed by atoms with Crippen LogP contribution in [0.2, 0.25) is 0 Å². The van der Waals surface area contributed by atoms with Crippen LogP contribution in [0.15, 0.2) is 30.3 Å². The van der Waals surface area contributed by atoms with Gasteiger partial charge in [-0.05, 0) is 58.9 Å². The molecular formula is C25H38N4O5. The molecule has 1 fully saturated rings. The van der Waals surface area contributed by atoms with Crippen molar-refractivity contribution in [2.24, 2.45) is 11.7 Å². The van der Waals surface area contributed by atoms with E-state index in [-0.39, 0.29) is 36.8 Å². The van der Waals surface area contributed by atoms with Crippen molar-refractivity contribution in [3.8, 4) is 0 Å². The Hall–Kier alpha value is -3.10. The Morgan fingerprint density at radius 3 is 2.18 bits per heavy atom. The second-order valence-corrected chi connectivity index (χ2v) is 10.2. The smallest absolute Gasteiger partial charge is 0.408 e. The first-order valence-electron chi connectivity index (χ1n) is 11.8. The molecule has 0 bridgehead atoms. The van der Waals surface area contributed by atoms with Crippen molar-refractivity contribution >= 4 is 23.8 Å². The Kier molecular flexibility index (Phi) is 9.06. The highest BCUT2D eigenvalue weighted by Crippen LogP contribution is 2.40. The van der Waals surface area contributed by atoms with Gasteiger partial charge in [0.1, 0.15) is 17.7 Å². The molecule has 9 nitrogen and oxygen atoms in total. The fourth-order valence-corrected chi connectivity index (χ4v) is 3.78. The van der Waals surface area contributed by atoms with Gasteiger partial charge in [0.2, 0.25) is 17.7 Å². The predicted octanol–water partition coefficient (Wildman–Crippen LogP) is 2.65. The summed E-state index contributed by atoms with van der Waals surface area (Å²) in [7, 11) is 0. The van der Waals surface area contributed by atoms with Gasteiger partial charge in [0.15, 0.2) is 0 Å². The number of benzene rings is 1. The Labute approximate surface area is 201 Å².